The van der Waals surface area contributed by atoms with Gasteiger partial charge >= 0.3 is 7.60 Å². The number of hydrogen-bond donors (Lipinski definition) is 1. The summed E-state index contributed by atoms with van der Waals surface area (Å²) in [5, 5.41) is 0.641. The molecule has 1 aromatic heterocycles. The van der Waals surface area contributed by atoms with Gasteiger partial charge in [-0.15, -0.1) is 0 Å². The fraction of sp³-hybridized carbons (Fsp3) is 0.231. The molecule has 0 radical (unpaired) electrons. The first-order valence-electron chi connectivity index (χ1n) is 5.94. The maximum atomic E-state index is 12.5. The van der Waals surface area contributed by atoms with Crippen LogP contribution in [0.5, 0.6) is 0 Å². The number of nitrogens with one attached hydrogen (secondary N) is 1. The molecular weight excluding hydrogens is 281 g/mol. The van der Waals surface area contributed by atoms with Gasteiger partial charge in [0.05, 0.1) is 11.3 Å². The third kappa shape index (κ3) is 1.56. The maximum Gasteiger partial charge on any atom is 0.347 e. The van der Waals surface area contributed by atoms with Crippen molar-refractivity contribution < 1.29 is 23.2 Å². The molecule has 0 saturated carbocycles. The van der Waals surface area contributed by atoms with Crippen LogP contribution in [0.4, 0.5) is 0 Å². The first kappa shape index (κ1) is 13.2. The van der Waals surface area contributed by atoms with Crippen LogP contribution in [0.3, 0.4) is 0 Å². The third-order valence-corrected chi connectivity index (χ3v) is 5.68. The van der Waals surface area contributed by atoms with Crippen molar-refractivity contribution in [2.75, 3.05) is 14.2 Å². The summed E-state index contributed by atoms with van der Waals surface area (Å²) in [7, 11) is -1.32. The van der Waals surface area contributed by atoms with E-state index in [4.69, 9.17) is 9.05 Å². The fourth-order valence-electron chi connectivity index (χ4n) is 2.58. The predicted octanol–water partition coefficient (Wildman–Crippen LogP) is 2.46. The van der Waals surface area contributed by atoms with Crippen molar-refractivity contribution in [2.45, 2.75) is 5.66 Å². The monoisotopic (exact) mass is 293 g/mol. The number of aromatic amines is 1. The Morgan fingerprint density at radius 1 is 1.15 bits per heavy atom. The van der Waals surface area contributed by atoms with E-state index in [1.807, 2.05) is 6.07 Å². The number of H-pyrrole nitrogens is 1. The molecule has 6 nitrogen and oxygen atoms in total. The number of aromatic nitrogens is 1. The molecule has 7 heteroatoms. The van der Waals surface area contributed by atoms with Gasteiger partial charge in [0.1, 0.15) is 0 Å². The van der Waals surface area contributed by atoms with Crippen molar-refractivity contribution in [1.29, 1.82) is 0 Å². The van der Waals surface area contributed by atoms with Crippen molar-refractivity contribution in [2.24, 2.45) is 0 Å². The number of Topliss-reactive ketones (excluding diaryl/α,β-unsaturated/α-hetero) is 2. The van der Waals surface area contributed by atoms with Crippen LogP contribution in [-0.2, 0) is 18.4 Å². The largest absolute Gasteiger partial charge is 0.357 e. The molecule has 0 bridgehead atoms. The van der Waals surface area contributed by atoms with Gasteiger partial charge in [-0.25, -0.2) is 0 Å². The second kappa shape index (κ2) is 4.38. The lowest BCUT2D eigenvalue weighted by atomic mass is 10.1. The zero-order valence-corrected chi connectivity index (χ0v) is 11.8. The fourth-order valence-corrected chi connectivity index (χ4v) is 4.06. The van der Waals surface area contributed by atoms with Crippen LogP contribution in [0.2, 0.25) is 0 Å². The van der Waals surface area contributed by atoms with Crippen LogP contribution in [-0.4, -0.2) is 30.8 Å². The van der Waals surface area contributed by atoms with E-state index in [1.54, 1.807) is 18.2 Å². The Hall–Kier alpha value is -1.75. The summed E-state index contributed by atoms with van der Waals surface area (Å²) in [6, 6.07) is 7.10. The van der Waals surface area contributed by atoms with Gasteiger partial charge in [0.15, 0.2) is 5.66 Å². The van der Waals surface area contributed by atoms with Gasteiger partial charge in [-0.2, -0.15) is 0 Å². The van der Waals surface area contributed by atoms with Crippen LogP contribution in [0, 0.1) is 0 Å². The van der Waals surface area contributed by atoms with E-state index in [0.717, 1.165) is 0 Å². The van der Waals surface area contributed by atoms with Crippen molar-refractivity contribution in [3.05, 3.63) is 35.5 Å². The molecule has 1 aromatic carbocycles. The van der Waals surface area contributed by atoms with E-state index in [9.17, 15) is 14.2 Å². The molecule has 1 N–H and O–H groups in total. The Morgan fingerprint density at radius 3 is 2.45 bits per heavy atom. The number of carbonyl (C=O) groups is 2. The number of benzene rings is 1. The van der Waals surface area contributed by atoms with Crippen LogP contribution in [0.1, 0.15) is 21.7 Å². The summed E-state index contributed by atoms with van der Waals surface area (Å²) in [4.78, 5) is 27.3. The summed E-state index contributed by atoms with van der Waals surface area (Å²) in [6.45, 7) is 0. The lowest BCUT2D eigenvalue weighted by Gasteiger charge is -2.18. The molecule has 1 heterocycles. The average molecular weight is 293 g/mol. The molecule has 1 atom stereocenters. The predicted molar refractivity (Wildman–Crippen MR) is 72.0 cm³/mol. The number of hydrogen-bond acceptors (Lipinski definition) is 5. The summed E-state index contributed by atoms with van der Waals surface area (Å²) in [5.41, 5.74) is 0.0765. The molecule has 104 valence electrons. The zero-order chi connectivity index (χ0) is 14.5. The second-order valence-electron chi connectivity index (χ2n) is 4.46. The van der Waals surface area contributed by atoms with E-state index in [2.05, 4.69) is 4.98 Å². The van der Waals surface area contributed by atoms with Crippen LogP contribution in [0.15, 0.2) is 24.3 Å². The van der Waals surface area contributed by atoms with Crippen molar-refractivity contribution in [1.82, 2.24) is 4.98 Å². The SMILES string of the molecule is COP(=O)(OC)C1C(=O)C(=O)c2c1[nH]c1ccccc21. The Kier molecular flexibility index (Phi) is 2.90. The van der Waals surface area contributed by atoms with Gasteiger partial charge < -0.3 is 14.0 Å². The first-order valence-corrected chi connectivity index (χ1v) is 7.55. The minimum absolute atomic E-state index is 0.268. The highest BCUT2D eigenvalue weighted by molar-refractivity contribution is 7.55. The topological polar surface area (TPSA) is 85.5 Å². The molecule has 0 saturated heterocycles. The molecule has 0 amide bonds. The summed E-state index contributed by atoms with van der Waals surface area (Å²) >= 11 is 0. The van der Waals surface area contributed by atoms with Gasteiger partial charge in [-0.3, -0.25) is 14.2 Å². The van der Waals surface area contributed by atoms with E-state index < -0.39 is 24.8 Å². The third-order valence-electron chi connectivity index (χ3n) is 3.53. The smallest absolute Gasteiger partial charge is 0.347 e. The Morgan fingerprint density at radius 2 is 1.80 bits per heavy atom. The number of ketones is 2. The number of rotatable bonds is 3. The highest BCUT2D eigenvalue weighted by Gasteiger charge is 2.52. The van der Waals surface area contributed by atoms with E-state index in [0.29, 0.717) is 16.6 Å². The van der Waals surface area contributed by atoms with Crippen LogP contribution in [0.25, 0.3) is 10.9 Å². The zero-order valence-electron chi connectivity index (χ0n) is 10.9. The maximum absolute atomic E-state index is 12.5. The standard InChI is InChI=1S/C13H12NO5P/c1-18-20(17,19-2)13-10-9(11(15)12(13)16)7-5-3-4-6-8(7)14-10/h3-6,13-14H,1-2H3. The first-order chi connectivity index (χ1) is 9.53. The van der Waals surface area contributed by atoms with Crippen molar-refractivity contribution >= 4 is 30.1 Å². The van der Waals surface area contributed by atoms with Gasteiger partial charge in [0, 0.05) is 25.1 Å². The van der Waals surface area contributed by atoms with Gasteiger partial charge in [0.25, 0.3) is 0 Å². The second-order valence-corrected chi connectivity index (χ2v) is 6.79. The molecule has 0 aliphatic heterocycles. The normalized spacial score (nSPS) is 18.8. The van der Waals surface area contributed by atoms with Crippen LogP contribution >= 0.6 is 7.60 Å². The lowest BCUT2D eigenvalue weighted by molar-refractivity contribution is -0.114. The van der Waals surface area contributed by atoms with Gasteiger partial charge in [0.2, 0.25) is 11.6 Å². The highest BCUT2D eigenvalue weighted by atomic mass is 31.2. The Bertz CT molecular complexity index is 770. The lowest BCUT2D eigenvalue weighted by Crippen LogP contribution is -2.15. The summed E-state index contributed by atoms with van der Waals surface area (Å²) in [6.07, 6.45) is 0. The highest BCUT2D eigenvalue weighted by Crippen LogP contribution is 2.63. The van der Waals surface area contributed by atoms with Crippen LogP contribution < -0.4 is 0 Å². The Balaban J connectivity index is 2.30. The van der Waals surface area contributed by atoms with Crippen molar-refractivity contribution in [3.63, 3.8) is 0 Å². The van der Waals surface area contributed by atoms with E-state index in [1.165, 1.54) is 14.2 Å². The number of carbonyl (C=O) groups excluding carboxylic acids is 2. The average Bonchev–Trinajstić information content (AvgIpc) is 2.95. The quantitative estimate of drug-likeness (QED) is 0.694. The molecule has 1 unspecified atom stereocenters. The molecule has 0 spiro atoms. The molecule has 1 aliphatic rings. The van der Waals surface area contributed by atoms with Crippen molar-refractivity contribution in [3.8, 4) is 0 Å². The number of fused-ring (bicyclic) bond motifs is 3. The molecular formula is C13H12NO5P. The van der Waals surface area contributed by atoms with E-state index >= 15 is 0 Å². The Labute approximate surface area is 114 Å². The summed E-state index contributed by atoms with van der Waals surface area (Å²) in [5.74, 6) is -1.42. The summed E-state index contributed by atoms with van der Waals surface area (Å²) < 4.78 is 22.3. The van der Waals surface area contributed by atoms with Gasteiger partial charge in [-0.05, 0) is 6.07 Å². The molecule has 2 aromatic rings. The molecule has 1 aliphatic carbocycles. The van der Waals surface area contributed by atoms with E-state index in [-0.39, 0.29) is 5.56 Å². The molecule has 3 rings (SSSR count). The minimum Gasteiger partial charge on any atom is -0.357 e. The number of para-hydroxylation sites is 1. The molecule has 20 heavy (non-hydrogen) atoms. The minimum atomic E-state index is -3.71. The molecule has 0 fully saturated rings. The van der Waals surface area contributed by atoms with Gasteiger partial charge in [-0.1, -0.05) is 18.2 Å².